The van der Waals surface area contributed by atoms with Crippen LogP contribution in [0.4, 0.5) is 0 Å². The topological polar surface area (TPSA) is 90.2 Å². The van der Waals surface area contributed by atoms with Gasteiger partial charge in [-0.1, -0.05) is 18.3 Å². The first-order valence-electron chi connectivity index (χ1n) is 11.5. The number of fused-ring (bicyclic) bond motifs is 2. The fourth-order valence-corrected chi connectivity index (χ4v) is 7.13. The maximum Gasteiger partial charge on any atom is 0.279 e. The van der Waals surface area contributed by atoms with Gasteiger partial charge >= 0.3 is 0 Å². The Balaban J connectivity index is 1.44. The van der Waals surface area contributed by atoms with Crippen LogP contribution in [-0.2, 0) is 16.6 Å². The highest BCUT2D eigenvalue weighted by molar-refractivity contribution is 7.89. The summed E-state index contributed by atoms with van der Waals surface area (Å²) in [4.78, 5) is 18.1. The maximum atomic E-state index is 13.0. The van der Waals surface area contributed by atoms with Gasteiger partial charge in [-0.25, -0.2) is 8.42 Å². The van der Waals surface area contributed by atoms with E-state index in [1.165, 1.54) is 39.9 Å². The Morgan fingerprint density at radius 1 is 1.15 bits per heavy atom. The van der Waals surface area contributed by atoms with Crippen molar-refractivity contribution >= 4 is 37.5 Å². The van der Waals surface area contributed by atoms with Crippen molar-refractivity contribution < 1.29 is 22.7 Å². The Kier molecular flexibility index (Phi) is 6.22. The summed E-state index contributed by atoms with van der Waals surface area (Å²) in [5.74, 6) is 1.32. The molecule has 2 aliphatic heterocycles. The predicted molar refractivity (Wildman–Crippen MR) is 130 cm³/mol. The highest BCUT2D eigenvalue weighted by atomic mass is 32.2. The van der Waals surface area contributed by atoms with Crippen LogP contribution < -0.4 is 14.3 Å². The molecule has 1 fully saturated rings. The van der Waals surface area contributed by atoms with Crippen LogP contribution in [0.15, 0.2) is 46.3 Å². The second-order valence-electron chi connectivity index (χ2n) is 8.64. The normalized spacial score (nSPS) is 19.5. The molecule has 0 saturated carbocycles. The molecular weight excluding hydrogens is 474 g/mol. The number of sulfonamides is 1. The van der Waals surface area contributed by atoms with E-state index in [0.29, 0.717) is 60.6 Å². The number of aromatic nitrogens is 1. The average molecular weight is 502 g/mol. The number of aryl methyl sites for hydroxylation is 1. The zero-order chi connectivity index (χ0) is 23.9. The minimum atomic E-state index is -3.57. The zero-order valence-corrected chi connectivity index (χ0v) is 20.8. The molecular formula is C24H27N3O5S2. The van der Waals surface area contributed by atoms with Gasteiger partial charge in [0.15, 0.2) is 16.3 Å². The quantitative estimate of drug-likeness (QED) is 0.544. The standard InChI is InChI=1S/C24H27N3O5S2/c1-3-27-19-13-20-21(32-12-11-31-20)14-22(19)33-24(27)25-23(28)17-6-8-18(9-7-17)34(29,30)26-10-4-5-16(2)15-26/h6-9,13-14,16H,3-5,10-12,15H2,1-2H3. The summed E-state index contributed by atoms with van der Waals surface area (Å²) < 4.78 is 41.8. The van der Waals surface area contributed by atoms with Gasteiger partial charge in [0.2, 0.25) is 10.0 Å². The SMILES string of the molecule is CCn1c(=NC(=O)c2ccc(S(=O)(=O)N3CCCC(C)C3)cc2)sc2cc3c(cc21)OCCO3. The lowest BCUT2D eigenvalue weighted by molar-refractivity contribution is 0.0997. The van der Waals surface area contributed by atoms with E-state index in [9.17, 15) is 13.2 Å². The van der Waals surface area contributed by atoms with Gasteiger partial charge < -0.3 is 14.0 Å². The van der Waals surface area contributed by atoms with Crippen molar-refractivity contribution in [3.05, 3.63) is 46.8 Å². The van der Waals surface area contributed by atoms with Gasteiger partial charge in [0.25, 0.3) is 5.91 Å². The van der Waals surface area contributed by atoms with E-state index in [1.807, 2.05) is 23.6 Å². The minimum absolute atomic E-state index is 0.203. The van der Waals surface area contributed by atoms with Crippen LogP contribution in [0.5, 0.6) is 11.5 Å². The summed E-state index contributed by atoms with van der Waals surface area (Å²) >= 11 is 1.41. The van der Waals surface area contributed by atoms with Gasteiger partial charge in [-0.05, 0) is 49.9 Å². The number of hydrogen-bond acceptors (Lipinski definition) is 6. The van der Waals surface area contributed by atoms with Crippen molar-refractivity contribution in [3.8, 4) is 11.5 Å². The third-order valence-corrected chi connectivity index (χ3v) is 9.14. The molecule has 2 aromatic carbocycles. The second kappa shape index (κ2) is 9.16. The molecule has 5 rings (SSSR count). The monoisotopic (exact) mass is 501 g/mol. The molecule has 1 unspecified atom stereocenters. The Morgan fingerprint density at radius 3 is 2.53 bits per heavy atom. The molecule has 1 atom stereocenters. The summed E-state index contributed by atoms with van der Waals surface area (Å²) in [6.45, 7) is 6.77. The first-order chi connectivity index (χ1) is 16.4. The third-order valence-electron chi connectivity index (χ3n) is 6.22. The summed E-state index contributed by atoms with van der Waals surface area (Å²) in [5.41, 5.74) is 1.28. The van der Waals surface area contributed by atoms with Gasteiger partial charge in [-0.2, -0.15) is 9.30 Å². The molecule has 1 amide bonds. The summed E-state index contributed by atoms with van der Waals surface area (Å²) in [6.07, 6.45) is 1.91. The summed E-state index contributed by atoms with van der Waals surface area (Å²) in [7, 11) is -3.57. The van der Waals surface area contributed by atoms with E-state index in [0.717, 1.165) is 23.1 Å². The van der Waals surface area contributed by atoms with Crippen molar-refractivity contribution in [3.63, 3.8) is 0 Å². The molecule has 1 saturated heterocycles. The van der Waals surface area contributed by atoms with E-state index in [-0.39, 0.29) is 4.90 Å². The van der Waals surface area contributed by atoms with Crippen LogP contribution in [0.1, 0.15) is 37.0 Å². The third kappa shape index (κ3) is 4.25. The number of piperidine rings is 1. The van der Waals surface area contributed by atoms with E-state index >= 15 is 0 Å². The Labute approximate surface area is 202 Å². The lowest BCUT2D eigenvalue weighted by atomic mass is 10.0. The summed E-state index contributed by atoms with van der Waals surface area (Å²) in [6, 6.07) is 9.92. The van der Waals surface area contributed by atoms with Gasteiger partial charge in [-0.15, -0.1) is 0 Å². The molecule has 34 heavy (non-hydrogen) atoms. The van der Waals surface area contributed by atoms with Gasteiger partial charge in [0.1, 0.15) is 13.2 Å². The van der Waals surface area contributed by atoms with Crippen LogP contribution in [0, 0.1) is 5.92 Å². The first-order valence-corrected chi connectivity index (χ1v) is 13.7. The van der Waals surface area contributed by atoms with E-state index in [1.54, 1.807) is 0 Å². The van der Waals surface area contributed by atoms with E-state index < -0.39 is 15.9 Å². The molecule has 0 bridgehead atoms. The number of hydrogen-bond donors (Lipinski definition) is 0. The van der Waals surface area contributed by atoms with E-state index in [2.05, 4.69) is 11.9 Å². The second-order valence-corrected chi connectivity index (χ2v) is 11.6. The Morgan fingerprint density at radius 2 is 1.85 bits per heavy atom. The number of thiazole rings is 1. The fourth-order valence-electron chi connectivity index (χ4n) is 4.43. The average Bonchev–Trinajstić information content (AvgIpc) is 3.18. The van der Waals surface area contributed by atoms with Crippen LogP contribution in [0.2, 0.25) is 0 Å². The van der Waals surface area contributed by atoms with Gasteiger partial charge in [0.05, 0.1) is 15.1 Å². The van der Waals surface area contributed by atoms with Crippen molar-refractivity contribution in [1.82, 2.24) is 8.87 Å². The van der Waals surface area contributed by atoms with Crippen molar-refractivity contribution in [2.24, 2.45) is 10.9 Å². The highest BCUT2D eigenvalue weighted by Crippen LogP contribution is 2.35. The van der Waals surface area contributed by atoms with Crippen LogP contribution in [0.25, 0.3) is 10.2 Å². The molecule has 180 valence electrons. The number of ether oxygens (including phenoxy) is 2. The first kappa shape index (κ1) is 23.1. The van der Waals surface area contributed by atoms with Gasteiger partial charge in [-0.3, -0.25) is 4.79 Å². The smallest absolute Gasteiger partial charge is 0.279 e. The Hall–Kier alpha value is -2.69. The van der Waals surface area contributed by atoms with Gasteiger partial charge in [0, 0.05) is 37.3 Å². The molecule has 10 heteroatoms. The lowest BCUT2D eigenvalue weighted by Crippen LogP contribution is -2.39. The number of benzene rings is 2. The fraction of sp³-hybridized carbons (Fsp3) is 0.417. The van der Waals surface area contributed by atoms with Crippen molar-refractivity contribution in [2.75, 3.05) is 26.3 Å². The van der Waals surface area contributed by atoms with Crippen molar-refractivity contribution in [2.45, 2.75) is 38.1 Å². The molecule has 0 aliphatic carbocycles. The number of nitrogens with zero attached hydrogens (tertiary/aromatic N) is 3. The summed E-state index contributed by atoms with van der Waals surface area (Å²) in [5, 5.41) is 0. The number of rotatable bonds is 4. The molecule has 1 aromatic heterocycles. The Bertz CT molecular complexity index is 1410. The number of carbonyl (C=O) groups is 1. The molecule has 3 aromatic rings. The van der Waals surface area contributed by atoms with Crippen LogP contribution in [0.3, 0.4) is 0 Å². The maximum absolute atomic E-state index is 13.0. The predicted octanol–water partition coefficient (Wildman–Crippen LogP) is 3.66. The number of carbonyl (C=O) groups excluding carboxylic acids is 1. The lowest BCUT2D eigenvalue weighted by Gasteiger charge is -2.30. The van der Waals surface area contributed by atoms with Crippen LogP contribution in [-0.4, -0.2) is 49.5 Å². The minimum Gasteiger partial charge on any atom is -0.486 e. The molecule has 0 N–H and O–H groups in total. The molecule has 0 radical (unpaired) electrons. The highest BCUT2D eigenvalue weighted by Gasteiger charge is 2.28. The largest absolute Gasteiger partial charge is 0.486 e. The molecule has 3 heterocycles. The zero-order valence-electron chi connectivity index (χ0n) is 19.2. The van der Waals surface area contributed by atoms with Crippen LogP contribution >= 0.6 is 11.3 Å². The van der Waals surface area contributed by atoms with E-state index in [4.69, 9.17) is 9.47 Å². The molecule has 8 nitrogen and oxygen atoms in total. The molecule has 2 aliphatic rings. The number of amides is 1. The molecule has 0 spiro atoms. The van der Waals surface area contributed by atoms with Crippen molar-refractivity contribution in [1.29, 1.82) is 0 Å².